The van der Waals surface area contributed by atoms with Gasteiger partial charge in [0.05, 0.1) is 12.8 Å². The Morgan fingerprint density at radius 1 is 1.14 bits per heavy atom. The summed E-state index contributed by atoms with van der Waals surface area (Å²) in [7, 11) is 1.63. The Morgan fingerprint density at radius 3 is 2.54 bits per heavy atom. The second kappa shape index (κ2) is 9.53. The van der Waals surface area contributed by atoms with E-state index in [4.69, 9.17) is 9.47 Å². The number of nitrogens with one attached hydrogen (secondary N) is 1. The molecule has 0 saturated carbocycles. The largest absolute Gasteiger partial charge is 0.497 e. The average Bonchev–Trinajstić information content (AvgIpc) is 3.20. The fourth-order valence-electron chi connectivity index (χ4n) is 2.37. The predicted molar refractivity (Wildman–Crippen MR) is 114 cm³/mol. The maximum atomic E-state index is 12.1. The quantitative estimate of drug-likeness (QED) is 0.431. The normalized spacial score (nSPS) is 10.6. The molecule has 5 nitrogen and oxygen atoms in total. The number of benzene rings is 2. The van der Waals surface area contributed by atoms with Crippen molar-refractivity contribution < 1.29 is 14.3 Å². The summed E-state index contributed by atoms with van der Waals surface area (Å²) in [5, 5.41) is 5.24. The second-order valence-corrected chi connectivity index (χ2v) is 6.62. The Balaban J connectivity index is 1.58. The third kappa shape index (κ3) is 5.31. The van der Waals surface area contributed by atoms with Gasteiger partial charge in [0, 0.05) is 17.0 Å². The van der Waals surface area contributed by atoms with Gasteiger partial charge in [-0.25, -0.2) is 4.98 Å². The smallest absolute Gasteiger partial charge is 0.250 e. The Labute approximate surface area is 168 Å². The fraction of sp³-hybridized carbons (Fsp3) is 0.0909. The van der Waals surface area contributed by atoms with Crippen LogP contribution in [0, 0.1) is 0 Å². The Hall–Kier alpha value is -3.38. The van der Waals surface area contributed by atoms with E-state index in [1.807, 2.05) is 53.9 Å². The maximum Gasteiger partial charge on any atom is 0.250 e. The molecule has 1 amide bonds. The minimum absolute atomic E-state index is 0.234. The summed E-state index contributed by atoms with van der Waals surface area (Å²) in [5.41, 5.74) is 2.67. The molecule has 0 radical (unpaired) electrons. The molecule has 3 aromatic rings. The van der Waals surface area contributed by atoms with Gasteiger partial charge in [-0.05, 0) is 48.0 Å². The third-order valence-corrected chi connectivity index (χ3v) is 4.55. The zero-order chi connectivity index (χ0) is 19.8. The van der Waals surface area contributed by atoms with Crippen LogP contribution in [-0.2, 0) is 4.79 Å². The lowest BCUT2D eigenvalue weighted by molar-refractivity contribution is -0.111. The summed E-state index contributed by atoms with van der Waals surface area (Å²) in [6, 6.07) is 15.1. The number of thiazole rings is 1. The monoisotopic (exact) mass is 392 g/mol. The van der Waals surface area contributed by atoms with Crippen LogP contribution in [0.15, 0.2) is 72.6 Å². The number of rotatable bonds is 8. The summed E-state index contributed by atoms with van der Waals surface area (Å²) in [6.45, 7) is 4.07. The van der Waals surface area contributed by atoms with Crippen molar-refractivity contribution in [2.45, 2.75) is 0 Å². The third-order valence-electron chi connectivity index (χ3n) is 3.80. The number of amides is 1. The number of ether oxygens (including phenoxy) is 2. The highest BCUT2D eigenvalue weighted by atomic mass is 32.1. The van der Waals surface area contributed by atoms with Crippen molar-refractivity contribution in [3.05, 3.63) is 78.2 Å². The van der Waals surface area contributed by atoms with Gasteiger partial charge >= 0.3 is 0 Å². The van der Waals surface area contributed by atoms with Crippen molar-refractivity contribution in [2.75, 3.05) is 19.0 Å². The lowest BCUT2D eigenvalue weighted by Crippen LogP contribution is -2.07. The van der Waals surface area contributed by atoms with Crippen LogP contribution in [0.5, 0.6) is 11.5 Å². The van der Waals surface area contributed by atoms with Crippen molar-refractivity contribution in [1.29, 1.82) is 0 Å². The predicted octanol–water partition coefficient (Wildman–Crippen LogP) is 5.04. The molecule has 1 heterocycles. The van der Waals surface area contributed by atoms with E-state index < -0.39 is 0 Å². The highest BCUT2D eigenvalue weighted by molar-refractivity contribution is 7.14. The molecule has 28 heavy (non-hydrogen) atoms. The van der Waals surface area contributed by atoms with Gasteiger partial charge in [0.1, 0.15) is 18.1 Å². The molecule has 0 bridgehead atoms. The Morgan fingerprint density at radius 2 is 1.86 bits per heavy atom. The summed E-state index contributed by atoms with van der Waals surface area (Å²) in [5.74, 6) is 1.32. The van der Waals surface area contributed by atoms with Gasteiger partial charge in [-0.15, -0.1) is 11.3 Å². The van der Waals surface area contributed by atoms with Gasteiger partial charge in [0.2, 0.25) is 5.91 Å². The van der Waals surface area contributed by atoms with Crippen LogP contribution in [0.1, 0.15) is 5.56 Å². The van der Waals surface area contributed by atoms with E-state index in [1.54, 1.807) is 19.3 Å². The van der Waals surface area contributed by atoms with Gasteiger partial charge in [0.15, 0.2) is 5.13 Å². The van der Waals surface area contributed by atoms with Crippen LogP contribution in [0.3, 0.4) is 0 Å². The first-order chi connectivity index (χ1) is 13.7. The number of methoxy groups -OCH3 is 1. The molecule has 0 fully saturated rings. The molecule has 142 valence electrons. The van der Waals surface area contributed by atoms with Crippen LogP contribution in [0.25, 0.3) is 17.3 Å². The van der Waals surface area contributed by atoms with E-state index in [2.05, 4.69) is 16.9 Å². The minimum Gasteiger partial charge on any atom is -0.497 e. The lowest BCUT2D eigenvalue weighted by Gasteiger charge is -2.02. The standard InChI is InChI=1S/C22H20N2O3S/c1-3-14-27-19-9-4-16(5-10-19)6-13-21(25)24-22-23-20(15-28-22)17-7-11-18(26-2)12-8-17/h3-13,15H,1,14H2,2H3,(H,23,24,25)/b13-6-. The second-order valence-electron chi connectivity index (χ2n) is 5.76. The van der Waals surface area contributed by atoms with Crippen molar-refractivity contribution in [3.63, 3.8) is 0 Å². The van der Waals surface area contributed by atoms with Gasteiger partial charge in [-0.3, -0.25) is 10.1 Å². The van der Waals surface area contributed by atoms with Crippen molar-refractivity contribution in [1.82, 2.24) is 4.98 Å². The molecule has 0 atom stereocenters. The van der Waals surface area contributed by atoms with Crippen LogP contribution < -0.4 is 14.8 Å². The van der Waals surface area contributed by atoms with Gasteiger partial charge < -0.3 is 9.47 Å². The van der Waals surface area contributed by atoms with E-state index in [0.29, 0.717) is 11.7 Å². The summed E-state index contributed by atoms with van der Waals surface area (Å²) < 4.78 is 10.6. The number of hydrogen-bond acceptors (Lipinski definition) is 5. The maximum absolute atomic E-state index is 12.1. The van der Waals surface area contributed by atoms with E-state index in [1.165, 1.54) is 17.4 Å². The molecule has 1 N–H and O–H groups in total. The molecule has 0 unspecified atom stereocenters. The van der Waals surface area contributed by atoms with Crippen LogP contribution >= 0.6 is 11.3 Å². The molecule has 3 rings (SSSR count). The number of nitrogens with zero attached hydrogens (tertiary/aromatic N) is 1. The molecule has 0 aliphatic heterocycles. The number of carbonyl (C=O) groups excluding carboxylic acids is 1. The summed E-state index contributed by atoms with van der Waals surface area (Å²) in [4.78, 5) is 16.6. The van der Waals surface area contributed by atoms with Crippen LogP contribution in [0.2, 0.25) is 0 Å². The number of carbonyl (C=O) groups is 1. The number of anilines is 1. The van der Waals surface area contributed by atoms with Crippen LogP contribution in [0.4, 0.5) is 5.13 Å². The average molecular weight is 392 g/mol. The summed E-state index contributed by atoms with van der Waals surface area (Å²) >= 11 is 1.38. The van der Waals surface area contributed by atoms with Crippen molar-refractivity contribution in [3.8, 4) is 22.8 Å². The molecule has 0 spiro atoms. The molecule has 1 aromatic heterocycles. The highest BCUT2D eigenvalue weighted by Crippen LogP contribution is 2.26. The molecule has 0 aliphatic carbocycles. The topological polar surface area (TPSA) is 60.5 Å². The Bertz CT molecular complexity index is 960. The molecule has 0 aliphatic rings. The SMILES string of the molecule is C=CCOc1ccc(/C=C\C(=O)Nc2nc(-c3ccc(OC)cc3)cs2)cc1. The molecule has 6 heteroatoms. The van der Waals surface area contributed by atoms with Gasteiger partial charge in [0.25, 0.3) is 0 Å². The van der Waals surface area contributed by atoms with Crippen LogP contribution in [-0.4, -0.2) is 24.6 Å². The van der Waals surface area contributed by atoms with E-state index in [0.717, 1.165) is 28.3 Å². The van der Waals surface area contributed by atoms with Crippen molar-refractivity contribution >= 4 is 28.5 Å². The van der Waals surface area contributed by atoms with Gasteiger partial charge in [-0.2, -0.15) is 0 Å². The zero-order valence-electron chi connectivity index (χ0n) is 15.4. The minimum atomic E-state index is -0.234. The highest BCUT2D eigenvalue weighted by Gasteiger charge is 2.06. The molecule has 2 aromatic carbocycles. The zero-order valence-corrected chi connectivity index (χ0v) is 16.2. The first kappa shape index (κ1) is 19.4. The first-order valence-corrected chi connectivity index (χ1v) is 9.48. The van der Waals surface area contributed by atoms with E-state index in [9.17, 15) is 4.79 Å². The molecular weight excluding hydrogens is 372 g/mol. The summed E-state index contributed by atoms with van der Waals surface area (Å²) in [6.07, 6.45) is 4.91. The number of hydrogen-bond donors (Lipinski definition) is 1. The van der Waals surface area contributed by atoms with Gasteiger partial charge in [-0.1, -0.05) is 24.8 Å². The first-order valence-electron chi connectivity index (χ1n) is 8.60. The fourth-order valence-corrected chi connectivity index (χ4v) is 3.10. The number of aromatic nitrogens is 1. The Kier molecular flexibility index (Phi) is 6.59. The van der Waals surface area contributed by atoms with Crippen molar-refractivity contribution in [2.24, 2.45) is 0 Å². The molecule has 0 saturated heterocycles. The lowest BCUT2D eigenvalue weighted by atomic mass is 10.2. The molecular formula is C22H20N2O3S. The van der Waals surface area contributed by atoms with E-state index >= 15 is 0 Å². The van der Waals surface area contributed by atoms with E-state index in [-0.39, 0.29) is 5.91 Å².